The molecule has 3 heteroatoms. The summed E-state index contributed by atoms with van der Waals surface area (Å²) in [7, 11) is 0. The van der Waals surface area contributed by atoms with Gasteiger partial charge in [0.1, 0.15) is 0 Å². The molecule has 0 unspecified atom stereocenters. The lowest BCUT2D eigenvalue weighted by Gasteiger charge is -1.97. The second-order valence-electron chi connectivity index (χ2n) is 4.25. The highest BCUT2D eigenvalue weighted by Gasteiger charge is 2.07. The Labute approximate surface area is 106 Å². The maximum absolute atomic E-state index is 10.5. The predicted octanol–water partition coefficient (Wildman–Crippen LogP) is 2.68. The molecule has 1 heterocycles. The van der Waals surface area contributed by atoms with E-state index in [1.807, 2.05) is 29.0 Å². The molecule has 0 bridgehead atoms. The molecule has 2 aromatic rings. The van der Waals surface area contributed by atoms with E-state index in [0.717, 1.165) is 17.3 Å². The Hall–Kier alpha value is -2.21. The third kappa shape index (κ3) is 2.54. The highest BCUT2D eigenvalue weighted by atomic mass is 16.4. The highest BCUT2D eigenvalue weighted by Crippen LogP contribution is 2.22. The average Bonchev–Trinajstić information content (AvgIpc) is 2.69. The van der Waals surface area contributed by atoms with Crippen LogP contribution in [0.4, 0.5) is 0 Å². The van der Waals surface area contributed by atoms with Crippen molar-refractivity contribution < 1.29 is 9.90 Å². The second-order valence-corrected chi connectivity index (χ2v) is 4.25. The first-order valence-electron chi connectivity index (χ1n) is 5.94. The lowest BCUT2D eigenvalue weighted by atomic mass is 10.1. The van der Waals surface area contributed by atoms with Gasteiger partial charge < -0.3 is 9.67 Å². The largest absolute Gasteiger partial charge is 0.481 e. The zero-order valence-electron chi connectivity index (χ0n) is 10.1. The van der Waals surface area contributed by atoms with Gasteiger partial charge in [-0.1, -0.05) is 24.1 Å². The number of hydrogen-bond acceptors (Lipinski definition) is 1. The SMILES string of the molecule is C#CCn1cc(CCCC(=O)O)c2ccccc21. The average molecular weight is 241 g/mol. The van der Waals surface area contributed by atoms with Crippen molar-refractivity contribution in [2.24, 2.45) is 0 Å². The summed E-state index contributed by atoms with van der Waals surface area (Å²) in [5, 5.41) is 9.83. The smallest absolute Gasteiger partial charge is 0.303 e. The van der Waals surface area contributed by atoms with E-state index < -0.39 is 5.97 Å². The number of carboxylic acids is 1. The normalized spacial score (nSPS) is 10.4. The van der Waals surface area contributed by atoms with Gasteiger partial charge in [-0.25, -0.2) is 0 Å². The summed E-state index contributed by atoms with van der Waals surface area (Å²) in [6.45, 7) is 0.541. The molecule has 1 aromatic heterocycles. The van der Waals surface area contributed by atoms with E-state index in [-0.39, 0.29) is 6.42 Å². The van der Waals surface area contributed by atoms with Crippen LogP contribution in [-0.2, 0) is 17.8 Å². The minimum absolute atomic E-state index is 0.203. The molecule has 18 heavy (non-hydrogen) atoms. The second kappa shape index (κ2) is 5.42. The van der Waals surface area contributed by atoms with Crippen LogP contribution in [0.3, 0.4) is 0 Å². The number of aromatic nitrogens is 1. The van der Waals surface area contributed by atoms with Crippen molar-refractivity contribution in [3.63, 3.8) is 0 Å². The Morgan fingerprint density at radius 1 is 1.39 bits per heavy atom. The van der Waals surface area contributed by atoms with Gasteiger partial charge in [0.2, 0.25) is 0 Å². The minimum Gasteiger partial charge on any atom is -0.481 e. The summed E-state index contributed by atoms with van der Waals surface area (Å²) in [4.78, 5) is 10.5. The summed E-state index contributed by atoms with van der Waals surface area (Å²) >= 11 is 0. The van der Waals surface area contributed by atoms with Gasteiger partial charge >= 0.3 is 5.97 Å². The van der Waals surface area contributed by atoms with Gasteiger partial charge in [-0.3, -0.25) is 4.79 Å². The third-order valence-electron chi connectivity index (χ3n) is 2.97. The van der Waals surface area contributed by atoms with Gasteiger partial charge in [0, 0.05) is 23.5 Å². The molecule has 0 aliphatic carbocycles. The molecule has 0 saturated heterocycles. The third-order valence-corrected chi connectivity index (χ3v) is 2.97. The van der Waals surface area contributed by atoms with Gasteiger partial charge in [0.05, 0.1) is 6.54 Å². The fraction of sp³-hybridized carbons (Fsp3) is 0.267. The molecule has 3 nitrogen and oxygen atoms in total. The quantitative estimate of drug-likeness (QED) is 0.818. The molecule has 0 saturated carbocycles. The Kier molecular flexibility index (Phi) is 3.69. The fourth-order valence-corrected chi connectivity index (χ4v) is 2.18. The molecule has 0 radical (unpaired) electrons. The van der Waals surface area contributed by atoms with Crippen LogP contribution in [0.5, 0.6) is 0 Å². The van der Waals surface area contributed by atoms with Crippen molar-refractivity contribution in [2.75, 3.05) is 0 Å². The predicted molar refractivity (Wildman–Crippen MR) is 71.3 cm³/mol. The van der Waals surface area contributed by atoms with Crippen molar-refractivity contribution in [3.8, 4) is 12.3 Å². The van der Waals surface area contributed by atoms with Crippen LogP contribution in [0.15, 0.2) is 30.5 Å². The highest BCUT2D eigenvalue weighted by molar-refractivity contribution is 5.84. The van der Waals surface area contributed by atoms with E-state index >= 15 is 0 Å². The first-order valence-corrected chi connectivity index (χ1v) is 5.94. The molecule has 0 fully saturated rings. The number of aryl methyl sites for hydroxylation is 1. The number of para-hydroxylation sites is 1. The minimum atomic E-state index is -0.748. The lowest BCUT2D eigenvalue weighted by molar-refractivity contribution is -0.137. The van der Waals surface area contributed by atoms with Crippen LogP contribution >= 0.6 is 0 Å². The molecular formula is C15H15NO2. The molecule has 92 valence electrons. The van der Waals surface area contributed by atoms with Crippen molar-refractivity contribution in [2.45, 2.75) is 25.8 Å². The first kappa shape index (κ1) is 12.3. The summed E-state index contributed by atoms with van der Waals surface area (Å²) < 4.78 is 2.03. The summed E-state index contributed by atoms with van der Waals surface area (Å²) in [6, 6.07) is 8.06. The number of terminal acetylenes is 1. The van der Waals surface area contributed by atoms with Gasteiger partial charge in [0.15, 0.2) is 0 Å². The van der Waals surface area contributed by atoms with Crippen LogP contribution in [0.25, 0.3) is 10.9 Å². The number of fused-ring (bicyclic) bond motifs is 1. The molecule has 1 aromatic carbocycles. The van der Waals surface area contributed by atoms with Crippen molar-refractivity contribution >= 4 is 16.9 Å². The van der Waals surface area contributed by atoms with Crippen LogP contribution < -0.4 is 0 Å². The number of nitrogens with zero attached hydrogens (tertiary/aromatic N) is 1. The Bertz CT molecular complexity index is 604. The number of hydrogen-bond donors (Lipinski definition) is 1. The van der Waals surface area contributed by atoms with Gasteiger partial charge in [-0.2, -0.15) is 0 Å². The Balaban J connectivity index is 2.27. The Morgan fingerprint density at radius 3 is 2.89 bits per heavy atom. The van der Waals surface area contributed by atoms with Gasteiger partial charge in [-0.15, -0.1) is 6.42 Å². The number of benzene rings is 1. The van der Waals surface area contributed by atoms with Crippen molar-refractivity contribution in [1.82, 2.24) is 4.57 Å². The molecule has 0 spiro atoms. The molecule has 0 aliphatic heterocycles. The van der Waals surface area contributed by atoms with E-state index in [1.54, 1.807) is 0 Å². The zero-order valence-corrected chi connectivity index (χ0v) is 10.1. The van der Waals surface area contributed by atoms with Gasteiger partial charge in [-0.05, 0) is 24.5 Å². The molecule has 0 atom stereocenters. The van der Waals surface area contributed by atoms with E-state index in [4.69, 9.17) is 11.5 Å². The van der Waals surface area contributed by atoms with E-state index in [2.05, 4.69) is 12.0 Å². The maximum Gasteiger partial charge on any atom is 0.303 e. The van der Waals surface area contributed by atoms with Crippen molar-refractivity contribution in [1.29, 1.82) is 0 Å². The van der Waals surface area contributed by atoms with Crippen LogP contribution in [-0.4, -0.2) is 15.6 Å². The van der Waals surface area contributed by atoms with Crippen LogP contribution in [0.1, 0.15) is 18.4 Å². The molecule has 1 N–H and O–H groups in total. The number of carboxylic acid groups (broad SMARTS) is 1. The number of aliphatic carboxylic acids is 1. The van der Waals surface area contributed by atoms with Crippen LogP contribution in [0, 0.1) is 12.3 Å². The Morgan fingerprint density at radius 2 is 2.17 bits per heavy atom. The summed E-state index contributed by atoms with van der Waals surface area (Å²) in [6.07, 6.45) is 9.01. The first-order chi connectivity index (χ1) is 8.72. The standard InChI is InChI=1S/C15H15NO2/c1-2-10-16-11-12(6-5-9-15(17)18)13-7-3-4-8-14(13)16/h1,3-4,7-8,11H,5-6,9-10H2,(H,17,18). The molecule has 2 rings (SSSR count). The van der Waals surface area contributed by atoms with E-state index in [0.29, 0.717) is 13.0 Å². The number of rotatable bonds is 5. The number of carbonyl (C=O) groups is 1. The summed E-state index contributed by atoms with van der Waals surface area (Å²) in [5.41, 5.74) is 2.28. The molecule has 0 aliphatic rings. The van der Waals surface area contributed by atoms with E-state index in [1.165, 1.54) is 5.56 Å². The lowest BCUT2D eigenvalue weighted by Crippen LogP contribution is -1.95. The zero-order chi connectivity index (χ0) is 13.0. The molecule has 0 amide bonds. The van der Waals surface area contributed by atoms with Crippen molar-refractivity contribution in [3.05, 3.63) is 36.0 Å². The topological polar surface area (TPSA) is 42.2 Å². The van der Waals surface area contributed by atoms with Crippen LogP contribution in [0.2, 0.25) is 0 Å². The maximum atomic E-state index is 10.5. The monoisotopic (exact) mass is 241 g/mol. The van der Waals surface area contributed by atoms with E-state index in [9.17, 15) is 4.79 Å². The fourth-order valence-electron chi connectivity index (χ4n) is 2.18. The van der Waals surface area contributed by atoms with Gasteiger partial charge in [0.25, 0.3) is 0 Å². The molecular weight excluding hydrogens is 226 g/mol. The summed E-state index contributed by atoms with van der Waals surface area (Å²) in [5.74, 6) is 1.88.